The molecule has 8 atom stereocenters. The molecule has 334 valence electrons. The molecule has 8 unspecified atom stereocenters. The number of halogens is 24. The summed E-state index contributed by atoms with van der Waals surface area (Å²) in [4.78, 5) is 1.78. The Balaban J connectivity index is 0.000000821. The number of hydrogen-bond donors (Lipinski definition) is 1. The van der Waals surface area contributed by atoms with Gasteiger partial charge in [-0.05, 0) is 19.3 Å². The van der Waals surface area contributed by atoms with Crippen molar-refractivity contribution in [2.75, 3.05) is 19.6 Å². The van der Waals surface area contributed by atoms with Crippen molar-refractivity contribution >= 4 is 6.15 Å². The zero-order valence-electron chi connectivity index (χ0n) is 29.7. The highest BCUT2D eigenvalue weighted by atomic mass is 19.2. The quantitative estimate of drug-likeness (QED) is 0.165. The summed E-state index contributed by atoms with van der Waals surface area (Å²) in [6.45, 7) is 10.9. The van der Waals surface area contributed by atoms with E-state index >= 15 is 52.7 Å². The molecule has 0 amide bonds. The molecule has 0 saturated heterocycles. The molecule has 0 bridgehead atoms. The van der Waals surface area contributed by atoms with Crippen molar-refractivity contribution in [3.05, 3.63) is 93.2 Å². The molecular weight excluding hydrogens is 877 g/mol. The maximum absolute atomic E-state index is 17.2. The lowest BCUT2D eigenvalue weighted by Crippen LogP contribution is -3.11. The molecule has 0 spiro atoms. The minimum absolute atomic E-state index is 1.33. The van der Waals surface area contributed by atoms with Gasteiger partial charge in [0.1, 0.15) is 23.3 Å². The monoisotopic (exact) mass is 903 g/mol. The highest BCUT2D eigenvalue weighted by Gasteiger charge is 2.92. The summed E-state index contributed by atoms with van der Waals surface area (Å²) < 4.78 is 365. The number of alkyl halides is 8. The highest BCUT2D eigenvalue weighted by molar-refractivity contribution is 6.93. The standard InChI is InChI=1S/C24H4BF24.C9H21N/c26-1-5(30)13(38)21(46,14(39)6(1)31)25(22(47)15(40)7(32)2(27)8(33)16(22)41,23(48)17(42)9(34)3(28)10(35)18(23)43)24(49)19(44)11(36)4(29)12(37)20(24)45;1-4-7-10(8-5-2)9-6-3/h13,15,17,19H;4-9H2,1-3H3/q-1;/p+1. The molecule has 4 aliphatic rings. The minimum Gasteiger partial charge on any atom is -0.335 e. The van der Waals surface area contributed by atoms with Crippen LogP contribution in [-0.4, -0.2) is 72.7 Å². The van der Waals surface area contributed by atoms with Gasteiger partial charge in [0.15, 0.2) is 94.6 Å². The Kier molecular flexibility index (Phi) is 14.3. The van der Waals surface area contributed by atoms with Crippen LogP contribution in [0.25, 0.3) is 0 Å². The van der Waals surface area contributed by atoms with Crippen molar-refractivity contribution in [2.45, 2.75) is 87.0 Å². The van der Waals surface area contributed by atoms with Crippen LogP contribution in [-0.2, 0) is 0 Å². The molecule has 26 heteroatoms. The van der Waals surface area contributed by atoms with E-state index in [1.807, 2.05) is 0 Å². The first-order chi connectivity index (χ1) is 27.0. The van der Waals surface area contributed by atoms with Gasteiger partial charge in [0, 0.05) is 0 Å². The number of allylic oxidation sites excluding steroid dienone is 16. The van der Waals surface area contributed by atoms with Crippen LogP contribution in [0.5, 0.6) is 0 Å². The third kappa shape index (κ3) is 6.31. The summed E-state index contributed by atoms with van der Waals surface area (Å²) in [6.07, 6.45) is -30.5. The molecule has 0 radical (unpaired) electrons. The number of nitrogens with one attached hydrogen (secondary N) is 1. The normalized spacial score (nSPS) is 34.8. The molecule has 0 heterocycles. The predicted octanol–water partition coefficient (Wildman–Crippen LogP) is 12.1. The molecule has 4 aliphatic carbocycles. The van der Waals surface area contributed by atoms with Crippen molar-refractivity contribution in [1.29, 1.82) is 0 Å². The Labute approximate surface area is 316 Å². The molecule has 0 saturated carbocycles. The van der Waals surface area contributed by atoms with Crippen LogP contribution in [0.4, 0.5) is 105 Å². The average molecular weight is 903 g/mol. The largest absolute Gasteiger partial charge is 0.335 e. The molecule has 1 N–H and O–H groups in total. The Hall–Kier alpha value is -3.74. The SMILES string of the molecule is CCC[NH+](CCC)CCC.FC1=C(F)C(F)C(F)([B-](C2(F)C(F)=C(F)C(F)=C(F)C2F)(C2(F)C(F)=C(F)C(F)=C(F)C2F)C2(F)C(F)=C(F)C(F)=C(F)C2F)C(F)=C1F. The molecule has 0 aromatic heterocycles. The molecule has 1 nitrogen and oxygen atoms in total. The van der Waals surface area contributed by atoms with Gasteiger partial charge in [-0.25, -0.2) is 87.8 Å². The van der Waals surface area contributed by atoms with Crippen molar-refractivity contribution < 1.29 is 110 Å². The number of hydrogen-bond acceptors (Lipinski definition) is 0. The Morgan fingerprint density at radius 3 is 0.678 bits per heavy atom. The number of quaternary nitrogens is 1. The topological polar surface area (TPSA) is 4.44 Å². The lowest BCUT2D eigenvalue weighted by atomic mass is 8.98. The van der Waals surface area contributed by atoms with Crippen LogP contribution >= 0.6 is 0 Å². The molecule has 59 heavy (non-hydrogen) atoms. The summed E-state index contributed by atoms with van der Waals surface area (Å²) in [7, 11) is 0. The maximum Gasteiger partial charge on any atom is 0.213 e. The molecule has 0 aromatic carbocycles. The van der Waals surface area contributed by atoms with Gasteiger partial charge in [0.25, 0.3) is 0 Å². The van der Waals surface area contributed by atoms with Gasteiger partial charge in [-0.1, -0.05) is 20.8 Å². The van der Waals surface area contributed by atoms with E-state index in [-0.39, 0.29) is 0 Å². The van der Waals surface area contributed by atoms with Crippen LogP contribution in [0.15, 0.2) is 93.2 Å². The third-order valence-electron chi connectivity index (χ3n) is 10.4. The summed E-state index contributed by atoms with van der Waals surface area (Å²) in [5.41, 5.74) is -31.5. The molecule has 4 rings (SSSR count). The fourth-order valence-corrected chi connectivity index (χ4v) is 8.01. The van der Waals surface area contributed by atoms with Gasteiger partial charge in [-0.15, -0.1) is 0 Å². The summed E-state index contributed by atoms with van der Waals surface area (Å²) >= 11 is 0. The fourth-order valence-electron chi connectivity index (χ4n) is 8.01. The van der Waals surface area contributed by atoms with E-state index < -0.39 is 146 Å². The van der Waals surface area contributed by atoms with Crippen molar-refractivity contribution in [3.8, 4) is 0 Å². The van der Waals surface area contributed by atoms with Crippen LogP contribution < -0.4 is 4.90 Å². The predicted molar refractivity (Wildman–Crippen MR) is 161 cm³/mol. The van der Waals surface area contributed by atoms with Crippen LogP contribution in [0.3, 0.4) is 0 Å². The molecule has 0 aromatic rings. The Morgan fingerprint density at radius 1 is 0.356 bits per heavy atom. The van der Waals surface area contributed by atoms with Gasteiger partial charge in [0.2, 0.25) is 6.15 Å². The Morgan fingerprint density at radius 2 is 0.525 bits per heavy atom. The second-order valence-corrected chi connectivity index (χ2v) is 13.5. The van der Waals surface area contributed by atoms with E-state index in [4.69, 9.17) is 0 Å². The van der Waals surface area contributed by atoms with Crippen LogP contribution in [0.1, 0.15) is 40.0 Å². The first-order valence-electron chi connectivity index (χ1n) is 16.8. The fraction of sp³-hybridized carbons (Fsp3) is 0.515. The van der Waals surface area contributed by atoms with Gasteiger partial charge < -0.3 is 4.90 Å². The Bertz CT molecular complexity index is 1710. The van der Waals surface area contributed by atoms with Gasteiger partial charge in [-0.3, -0.25) is 17.6 Å². The zero-order chi connectivity index (χ0) is 45.9. The second-order valence-electron chi connectivity index (χ2n) is 13.5. The van der Waals surface area contributed by atoms with E-state index in [9.17, 15) is 52.7 Å². The van der Waals surface area contributed by atoms with Crippen LogP contribution in [0.2, 0.25) is 0 Å². The average Bonchev–Trinajstić information content (AvgIpc) is 3.21. The van der Waals surface area contributed by atoms with Crippen molar-refractivity contribution in [2.24, 2.45) is 0 Å². The molecular formula is C33H26BF24N. The van der Waals surface area contributed by atoms with Gasteiger partial charge in [0.05, 0.1) is 41.9 Å². The first kappa shape index (κ1) is 49.6. The van der Waals surface area contributed by atoms with E-state index in [1.54, 1.807) is 4.90 Å². The summed E-state index contributed by atoms with van der Waals surface area (Å²) in [6, 6.07) is 0. The molecule has 0 aliphatic heterocycles. The summed E-state index contributed by atoms with van der Waals surface area (Å²) in [5.74, 6) is -69.4. The zero-order valence-corrected chi connectivity index (χ0v) is 29.7. The number of rotatable bonds is 10. The second kappa shape index (κ2) is 17.0. The first-order valence-corrected chi connectivity index (χ1v) is 16.8. The smallest absolute Gasteiger partial charge is 0.213 e. The van der Waals surface area contributed by atoms with Crippen molar-refractivity contribution in [3.63, 3.8) is 0 Å². The van der Waals surface area contributed by atoms with E-state index in [0.29, 0.717) is 0 Å². The van der Waals surface area contributed by atoms with Crippen molar-refractivity contribution in [1.82, 2.24) is 0 Å². The lowest BCUT2D eigenvalue weighted by molar-refractivity contribution is -0.900. The highest BCUT2D eigenvalue weighted by Crippen LogP contribution is 2.72. The van der Waals surface area contributed by atoms with E-state index in [2.05, 4.69) is 20.8 Å². The lowest BCUT2D eigenvalue weighted by Gasteiger charge is -2.69. The van der Waals surface area contributed by atoms with E-state index in [1.165, 1.54) is 38.9 Å². The van der Waals surface area contributed by atoms with E-state index in [0.717, 1.165) is 0 Å². The van der Waals surface area contributed by atoms with Gasteiger partial charge in [-0.2, -0.15) is 0 Å². The van der Waals surface area contributed by atoms with Gasteiger partial charge >= 0.3 is 0 Å². The van der Waals surface area contributed by atoms with Crippen LogP contribution in [0, 0.1) is 0 Å². The summed E-state index contributed by atoms with van der Waals surface area (Å²) in [5, 5.41) is 0. The third-order valence-corrected chi connectivity index (χ3v) is 10.4. The maximum atomic E-state index is 17.2. The minimum atomic E-state index is -9.76. The molecule has 0 fully saturated rings.